The number of ether oxygens (including phenoxy) is 2. The summed E-state index contributed by atoms with van der Waals surface area (Å²) in [7, 11) is 1.60. The molecule has 1 amide bonds. The zero-order valence-corrected chi connectivity index (χ0v) is 14.3. The van der Waals surface area contributed by atoms with Crippen molar-refractivity contribution in [1.29, 1.82) is 5.26 Å². The predicted molar refractivity (Wildman–Crippen MR) is 92.3 cm³/mol. The zero-order valence-electron chi connectivity index (χ0n) is 13.5. The minimum Gasteiger partial charge on any atom is -0.441 e. The van der Waals surface area contributed by atoms with E-state index < -0.39 is 0 Å². The molecule has 3 rings (SSSR count). The lowest BCUT2D eigenvalue weighted by Gasteiger charge is -2.12. The smallest absolute Gasteiger partial charge is 0.414 e. The Kier molecular flexibility index (Phi) is 5.28. The molecule has 1 saturated heterocycles. The van der Waals surface area contributed by atoms with Crippen molar-refractivity contribution in [2.75, 3.05) is 25.2 Å². The Morgan fingerprint density at radius 3 is 3.17 bits per heavy atom. The van der Waals surface area contributed by atoms with Gasteiger partial charge in [-0.1, -0.05) is 0 Å². The van der Waals surface area contributed by atoms with Gasteiger partial charge in [-0.05, 0) is 37.5 Å². The van der Waals surface area contributed by atoms with Gasteiger partial charge in [-0.3, -0.25) is 4.90 Å². The van der Waals surface area contributed by atoms with Crippen molar-refractivity contribution in [3.8, 4) is 6.07 Å². The van der Waals surface area contributed by atoms with Crippen molar-refractivity contribution >= 4 is 33.3 Å². The highest BCUT2D eigenvalue weighted by atomic mass is 32.1. The Morgan fingerprint density at radius 2 is 2.38 bits per heavy atom. The highest BCUT2D eigenvalue weighted by molar-refractivity contribution is 7.18. The number of aromatic nitrogens is 1. The maximum absolute atomic E-state index is 12.0. The van der Waals surface area contributed by atoms with Crippen LogP contribution in [0.3, 0.4) is 0 Å². The molecule has 2 heterocycles. The van der Waals surface area contributed by atoms with Crippen LogP contribution in [-0.2, 0) is 15.9 Å². The molecule has 126 valence electrons. The molecular formula is C17H19N3O3S. The van der Waals surface area contributed by atoms with Gasteiger partial charge in [-0.2, -0.15) is 5.26 Å². The molecule has 0 N–H and O–H groups in total. The molecule has 1 atom stereocenters. The molecule has 0 radical (unpaired) electrons. The van der Waals surface area contributed by atoms with Gasteiger partial charge < -0.3 is 9.47 Å². The van der Waals surface area contributed by atoms with E-state index in [1.165, 1.54) is 0 Å². The molecule has 24 heavy (non-hydrogen) atoms. The largest absolute Gasteiger partial charge is 0.441 e. The number of amides is 1. The number of aryl methyl sites for hydroxylation is 1. The van der Waals surface area contributed by atoms with E-state index in [2.05, 4.69) is 11.1 Å². The molecule has 1 aliphatic rings. The molecule has 0 saturated carbocycles. The highest BCUT2D eigenvalue weighted by Crippen LogP contribution is 2.30. The van der Waals surface area contributed by atoms with Crippen molar-refractivity contribution in [1.82, 2.24) is 4.98 Å². The van der Waals surface area contributed by atoms with Crippen molar-refractivity contribution in [3.05, 3.63) is 23.2 Å². The minimum absolute atomic E-state index is 0.227. The van der Waals surface area contributed by atoms with Crippen LogP contribution in [0.4, 0.5) is 10.5 Å². The summed E-state index contributed by atoms with van der Waals surface area (Å²) in [5, 5.41) is 9.64. The first-order valence-electron chi connectivity index (χ1n) is 7.95. The fraction of sp³-hybridized carbons (Fsp3) is 0.471. The number of anilines is 1. The van der Waals surface area contributed by atoms with Crippen LogP contribution in [0, 0.1) is 11.3 Å². The van der Waals surface area contributed by atoms with Gasteiger partial charge in [0.15, 0.2) is 0 Å². The summed E-state index contributed by atoms with van der Waals surface area (Å²) in [4.78, 5) is 18.3. The Hall–Kier alpha value is -2.17. The number of fused-ring (bicyclic) bond motifs is 1. The lowest BCUT2D eigenvalue weighted by atomic mass is 10.2. The molecule has 1 aromatic heterocycles. The third-order valence-corrected chi connectivity index (χ3v) is 4.96. The number of unbranched alkanes of at least 4 members (excludes halogenated alkanes) is 2. The standard InChI is InChI=1S/C17H19N3O3S/c1-22-11-13-10-20(17(21)23-13)12-6-7-14-15(9-12)24-16(19-14)5-3-2-4-8-18/h6-7,9,13H,2-5,10-11H2,1H3. The number of nitrogens with zero attached hydrogens (tertiary/aromatic N) is 3. The van der Waals surface area contributed by atoms with Gasteiger partial charge in [0.1, 0.15) is 6.10 Å². The van der Waals surface area contributed by atoms with E-state index >= 15 is 0 Å². The van der Waals surface area contributed by atoms with E-state index in [4.69, 9.17) is 14.7 Å². The van der Waals surface area contributed by atoms with E-state index in [9.17, 15) is 4.79 Å². The lowest BCUT2D eigenvalue weighted by molar-refractivity contribution is 0.0718. The number of methoxy groups -OCH3 is 1. The summed E-state index contributed by atoms with van der Waals surface area (Å²) in [5.41, 5.74) is 1.77. The summed E-state index contributed by atoms with van der Waals surface area (Å²) in [6.45, 7) is 0.899. The van der Waals surface area contributed by atoms with Crippen molar-refractivity contribution in [2.45, 2.75) is 31.8 Å². The van der Waals surface area contributed by atoms with E-state index in [0.717, 1.165) is 40.2 Å². The van der Waals surface area contributed by atoms with Crippen LogP contribution >= 0.6 is 11.3 Å². The fourth-order valence-corrected chi connectivity index (χ4v) is 3.76. The Morgan fingerprint density at radius 1 is 1.50 bits per heavy atom. The third kappa shape index (κ3) is 3.66. The van der Waals surface area contributed by atoms with E-state index in [1.54, 1.807) is 23.3 Å². The number of hydrogen-bond acceptors (Lipinski definition) is 6. The number of nitriles is 1. The number of cyclic esters (lactones) is 1. The average molecular weight is 345 g/mol. The Labute approximate surface area is 144 Å². The van der Waals surface area contributed by atoms with Gasteiger partial charge in [0, 0.05) is 19.2 Å². The fourth-order valence-electron chi connectivity index (χ4n) is 2.72. The minimum atomic E-state index is -0.336. The van der Waals surface area contributed by atoms with Gasteiger partial charge in [0.2, 0.25) is 0 Å². The van der Waals surface area contributed by atoms with Gasteiger partial charge in [0.25, 0.3) is 0 Å². The third-order valence-electron chi connectivity index (χ3n) is 3.88. The zero-order chi connectivity index (χ0) is 16.9. The number of thiazole rings is 1. The molecule has 1 aliphatic heterocycles. The van der Waals surface area contributed by atoms with Crippen molar-refractivity contribution in [2.24, 2.45) is 0 Å². The van der Waals surface area contributed by atoms with Crippen LogP contribution in [0.25, 0.3) is 10.2 Å². The first-order valence-corrected chi connectivity index (χ1v) is 8.76. The second-order valence-electron chi connectivity index (χ2n) is 5.70. The first-order chi connectivity index (χ1) is 11.7. The molecule has 7 heteroatoms. The van der Waals surface area contributed by atoms with Crippen LogP contribution < -0.4 is 4.90 Å². The molecule has 0 spiro atoms. The maximum Gasteiger partial charge on any atom is 0.414 e. The SMILES string of the molecule is COCC1CN(c2ccc3nc(CCCCC#N)sc3c2)C(=O)O1. The van der Waals surface area contributed by atoms with Gasteiger partial charge in [0.05, 0.1) is 34.4 Å². The highest BCUT2D eigenvalue weighted by Gasteiger charge is 2.32. The van der Waals surface area contributed by atoms with Gasteiger partial charge >= 0.3 is 6.09 Å². The lowest BCUT2D eigenvalue weighted by Crippen LogP contribution is -2.25. The normalized spacial score (nSPS) is 17.2. The number of carbonyl (C=O) groups excluding carboxylic acids is 1. The van der Waals surface area contributed by atoms with E-state index in [-0.39, 0.29) is 12.2 Å². The topological polar surface area (TPSA) is 75.5 Å². The summed E-state index contributed by atoms with van der Waals surface area (Å²) < 4.78 is 11.4. The molecule has 0 bridgehead atoms. The summed E-state index contributed by atoms with van der Waals surface area (Å²) in [6, 6.07) is 7.99. The van der Waals surface area contributed by atoms with Crippen LogP contribution in [0.1, 0.15) is 24.3 Å². The van der Waals surface area contributed by atoms with Crippen molar-refractivity contribution < 1.29 is 14.3 Å². The molecule has 1 fully saturated rings. The van der Waals surface area contributed by atoms with Gasteiger partial charge in [-0.15, -0.1) is 11.3 Å². The predicted octanol–water partition coefficient (Wildman–Crippen LogP) is 3.50. The number of carbonyl (C=O) groups is 1. The summed E-state index contributed by atoms with van der Waals surface area (Å²) in [5.74, 6) is 0. The van der Waals surface area contributed by atoms with Crippen LogP contribution in [0.15, 0.2) is 18.2 Å². The van der Waals surface area contributed by atoms with Crippen molar-refractivity contribution in [3.63, 3.8) is 0 Å². The summed E-state index contributed by atoms with van der Waals surface area (Å²) in [6.07, 6.45) is 2.79. The first kappa shape index (κ1) is 16.7. The Bertz CT molecular complexity index is 768. The molecule has 2 aromatic rings. The van der Waals surface area contributed by atoms with E-state index in [0.29, 0.717) is 19.6 Å². The molecule has 1 unspecified atom stereocenters. The van der Waals surface area contributed by atoms with E-state index in [1.807, 2.05) is 18.2 Å². The number of rotatable bonds is 7. The van der Waals surface area contributed by atoms with Gasteiger partial charge in [-0.25, -0.2) is 9.78 Å². The second kappa shape index (κ2) is 7.60. The average Bonchev–Trinajstić information content (AvgIpc) is 3.14. The number of hydrogen-bond donors (Lipinski definition) is 0. The van der Waals surface area contributed by atoms with Crippen LogP contribution in [0.2, 0.25) is 0 Å². The molecule has 1 aromatic carbocycles. The van der Waals surface area contributed by atoms with Crippen LogP contribution in [0.5, 0.6) is 0 Å². The maximum atomic E-state index is 12.0. The molecule has 6 nitrogen and oxygen atoms in total. The Balaban J connectivity index is 1.72. The molecule has 0 aliphatic carbocycles. The quantitative estimate of drug-likeness (QED) is 0.718. The molecular weight excluding hydrogens is 326 g/mol. The summed E-state index contributed by atoms with van der Waals surface area (Å²) >= 11 is 1.64. The van der Waals surface area contributed by atoms with Crippen LogP contribution in [-0.4, -0.2) is 37.4 Å². The monoisotopic (exact) mass is 345 g/mol. The number of benzene rings is 1. The second-order valence-corrected chi connectivity index (χ2v) is 6.81.